The molecule has 1 N–H and O–H groups in total. The van der Waals surface area contributed by atoms with E-state index in [4.69, 9.17) is 0 Å². The van der Waals surface area contributed by atoms with E-state index in [1.165, 1.54) is 13.8 Å². The number of carbonyl (C=O) groups excluding carboxylic acids is 2. The van der Waals surface area contributed by atoms with Crippen molar-refractivity contribution in [3.63, 3.8) is 0 Å². The quantitative estimate of drug-likeness (QED) is 0.816. The van der Waals surface area contributed by atoms with Crippen molar-refractivity contribution >= 4 is 17.7 Å². The summed E-state index contributed by atoms with van der Waals surface area (Å²) < 4.78 is 1.92. The first-order valence-corrected chi connectivity index (χ1v) is 8.10. The van der Waals surface area contributed by atoms with Crippen molar-refractivity contribution in [2.75, 3.05) is 26.2 Å². The summed E-state index contributed by atoms with van der Waals surface area (Å²) in [5.41, 5.74) is 0.784. The lowest BCUT2D eigenvalue weighted by molar-refractivity contribution is -0.149. The zero-order valence-electron chi connectivity index (χ0n) is 14.3. The van der Waals surface area contributed by atoms with E-state index in [0.717, 1.165) is 5.69 Å². The molecule has 2 aliphatic heterocycles. The van der Waals surface area contributed by atoms with Gasteiger partial charge in [0.15, 0.2) is 5.78 Å². The molecular weight excluding hydrogens is 310 g/mol. The van der Waals surface area contributed by atoms with Crippen LogP contribution in [0.1, 0.15) is 29.9 Å². The Hall–Kier alpha value is -2.15. The second-order valence-electron chi connectivity index (χ2n) is 7.11. The summed E-state index contributed by atoms with van der Waals surface area (Å²) in [5.74, 6) is -0.916. The third kappa shape index (κ3) is 2.62. The number of ketones is 1. The minimum Gasteiger partial charge on any atom is -0.481 e. The van der Waals surface area contributed by atoms with Crippen molar-refractivity contribution in [3.8, 4) is 0 Å². The molecule has 0 spiro atoms. The van der Waals surface area contributed by atoms with Gasteiger partial charge in [0.25, 0.3) is 0 Å². The fourth-order valence-corrected chi connectivity index (χ4v) is 4.02. The number of fused-ring (bicyclic) bond motifs is 1. The van der Waals surface area contributed by atoms with Crippen LogP contribution in [0.25, 0.3) is 0 Å². The molecule has 0 bridgehead atoms. The van der Waals surface area contributed by atoms with Gasteiger partial charge in [-0.15, -0.1) is 0 Å². The van der Waals surface area contributed by atoms with Crippen molar-refractivity contribution < 1.29 is 19.5 Å². The van der Waals surface area contributed by atoms with Crippen LogP contribution in [0.3, 0.4) is 0 Å². The fourth-order valence-electron chi connectivity index (χ4n) is 4.02. The van der Waals surface area contributed by atoms with Crippen molar-refractivity contribution in [2.45, 2.75) is 20.4 Å². The average Bonchev–Trinajstić information content (AvgIpc) is 3.10. The van der Waals surface area contributed by atoms with E-state index in [2.05, 4.69) is 4.90 Å². The first-order valence-electron chi connectivity index (χ1n) is 8.10. The number of carbonyl (C=O) groups is 3. The number of Topliss-reactive ketones (excluding diaryl/α,β-unsaturated/α-hetero) is 1. The average molecular weight is 333 g/mol. The van der Waals surface area contributed by atoms with Crippen LogP contribution in [-0.2, 0) is 23.2 Å². The number of nitrogens with zero attached hydrogens (tertiary/aromatic N) is 3. The molecule has 130 valence electrons. The summed E-state index contributed by atoms with van der Waals surface area (Å²) in [4.78, 5) is 38.8. The highest BCUT2D eigenvalue weighted by Gasteiger charge is 2.58. The Kier molecular flexibility index (Phi) is 3.99. The Morgan fingerprint density at radius 3 is 2.46 bits per heavy atom. The maximum atomic E-state index is 11.9. The van der Waals surface area contributed by atoms with E-state index in [-0.39, 0.29) is 24.2 Å². The molecule has 1 amide bonds. The molecule has 0 saturated carbocycles. The first kappa shape index (κ1) is 16.7. The smallest absolute Gasteiger partial charge is 0.313 e. The van der Waals surface area contributed by atoms with Crippen LogP contribution in [-0.4, -0.2) is 63.3 Å². The zero-order chi connectivity index (χ0) is 17.6. The highest BCUT2D eigenvalue weighted by atomic mass is 16.4. The lowest BCUT2D eigenvalue weighted by Gasteiger charge is -2.25. The molecule has 2 fully saturated rings. The van der Waals surface area contributed by atoms with Gasteiger partial charge in [-0.2, -0.15) is 0 Å². The SMILES string of the molecule is CC(=O)c1cc(CN2CC3CN(C(C)=O)CC3(C(=O)O)C2)n(C)c1. The molecule has 3 rings (SSSR count). The third-order valence-electron chi connectivity index (χ3n) is 5.45. The van der Waals surface area contributed by atoms with Gasteiger partial charge in [-0.3, -0.25) is 19.3 Å². The molecule has 0 aliphatic carbocycles. The lowest BCUT2D eigenvalue weighted by atomic mass is 9.81. The van der Waals surface area contributed by atoms with E-state index >= 15 is 0 Å². The molecule has 7 heteroatoms. The van der Waals surface area contributed by atoms with Gasteiger partial charge in [-0.25, -0.2) is 0 Å². The summed E-state index contributed by atoms with van der Waals surface area (Å²) in [6.07, 6.45) is 1.80. The summed E-state index contributed by atoms with van der Waals surface area (Å²) >= 11 is 0. The standard InChI is InChI=1S/C17H23N3O4/c1-11(21)13-4-15(18(3)5-13)8-19-6-14-7-20(12(2)22)10-17(14,9-19)16(23)24/h4-5,14H,6-10H2,1-3H3,(H,23,24). The van der Waals surface area contributed by atoms with Crippen LogP contribution < -0.4 is 0 Å². The molecule has 0 aromatic carbocycles. The van der Waals surface area contributed by atoms with Crippen LogP contribution >= 0.6 is 0 Å². The van der Waals surface area contributed by atoms with Gasteiger partial charge in [0.05, 0.1) is 0 Å². The van der Waals surface area contributed by atoms with Crippen molar-refractivity contribution in [3.05, 3.63) is 23.5 Å². The molecule has 1 aromatic rings. The maximum absolute atomic E-state index is 11.9. The number of aromatic nitrogens is 1. The van der Waals surface area contributed by atoms with E-state index < -0.39 is 11.4 Å². The number of aliphatic carboxylic acids is 1. The highest BCUT2D eigenvalue weighted by molar-refractivity contribution is 5.94. The lowest BCUT2D eigenvalue weighted by Crippen LogP contribution is -2.41. The summed E-state index contributed by atoms with van der Waals surface area (Å²) in [6, 6.07) is 1.87. The predicted molar refractivity (Wildman–Crippen MR) is 86.5 cm³/mol. The Labute approximate surface area is 140 Å². The minimum atomic E-state index is -0.875. The number of rotatable bonds is 4. The molecule has 0 radical (unpaired) electrons. The monoisotopic (exact) mass is 333 g/mol. The molecule has 3 heterocycles. The Balaban J connectivity index is 1.77. The molecule has 2 aliphatic rings. The zero-order valence-corrected chi connectivity index (χ0v) is 14.3. The van der Waals surface area contributed by atoms with Crippen LogP contribution in [0.5, 0.6) is 0 Å². The number of likely N-dealkylation sites (tertiary alicyclic amines) is 2. The van der Waals surface area contributed by atoms with Gasteiger partial charge in [0, 0.05) is 70.1 Å². The van der Waals surface area contributed by atoms with E-state index in [9.17, 15) is 19.5 Å². The van der Waals surface area contributed by atoms with Gasteiger partial charge in [0.1, 0.15) is 5.41 Å². The topological polar surface area (TPSA) is 82.8 Å². The van der Waals surface area contributed by atoms with Gasteiger partial charge in [0.2, 0.25) is 5.91 Å². The van der Waals surface area contributed by atoms with E-state index in [1.807, 2.05) is 17.7 Å². The number of amides is 1. The largest absolute Gasteiger partial charge is 0.481 e. The van der Waals surface area contributed by atoms with Crippen LogP contribution in [0, 0.1) is 11.3 Å². The molecule has 7 nitrogen and oxygen atoms in total. The molecule has 2 saturated heterocycles. The molecular formula is C17H23N3O4. The molecule has 24 heavy (non-hydrogen) atoms. The summed E-state index contributed by atoms with van der Waals surface area (Å²) in [7, 11) is 1.89. The van der Waals surface area contributed by atoms with Crippen molar-refractivity contribution in [1.29, 1.82) is 0 Å². The van der Waals surface area contributed by atoms with E-state index in [0.29, 0.717) is 31.7 Å². The summed E-state index contributed by atoms with van der Waals surface area (Å²) in [5, 5.41) is 9.77. The van der Waals surface area contributed by atoms with Crippen LogP contribution in [0.15, 0.2) is 12.3 Å². The van der Waals surface area contributed by atoms with Crippen LogP contribution in [0.2, 0.25) is 0 Å². The van der Waals surface area contributed by atoms with Gasteiger partial charge in [-0.05, 0) is 13.0 Å². The number of carboxylic acids is 1. The Morgan fingerprint density at radius 2 is 1.96 bits per heavy atom. The van der Waals surface area contributed by atoms with Gasteiger partial charge >= 0.3 is 5.97 Å². The molecule has 1 aromatic heterocycles. The van der Waals surface area contributed by atoms with Crippen LogP contribution in [0.4, 0.5) is 0 Å². The number of hydrogen-bond donors (Lipinski definition) is 1. The molecule has 2 unspecified atom stereocenters. The Bertz CT molecular complexity index is 711. The third-order valence-corrected chi connectivity index (χ3v) is 5.45. The minimum absolute atomic E-state index is 0.0225. The highest BCUT2D eigenvalue weighted by Crippen LogP contribution is 2.43. The maximum Gasteiger partial charge on any atom is 0.313 e. The molecule has 2 atom stereocenters. The van der Waals surface area contributed by atoms with Gasteiger partial charge in [-0.1, -0.05) is 0 Å². The summed E-state index contributed by atoms with van der Waals surface area (Å²) in [6.45, 7) is 5.49. The number of carboxylic acid groups (broad SMARTS) is 1. The normalized spacial score (nSPS) is 26.6. The number of aryl methyl sites for hydroxylation is 1. The van der Waals surface area contributed by atoms with Gasteiger partial charge < -0.3 is 14.6 Å². The Morgan fingerprint density at radius 1 is 1.25 bits per heavy atom. The second-order valence-corrected chi connectivity index (χ2v) is 7.11. The predicted octanol–water partition coefficient (Wildman–Crippen LogP) is 0.593. The van der Waals surface area contributed by atoms with Crippen molar-refractivity contribution in [1.82, 2.24) is 14.4 Å². The van der Waals surface area contributed by atoms with Crippen molar-refractivity contribution in [2.24, 2.45) is 18.4 Å². The first-order chi connectivity index (χ1) is 11.2. The number of hydrogen-bond acceptors (Lipinski definition) is 4. The second kappa shape index (κ2) is 5.73. The fraction of sp³-hybridized carbons (Fsp3) is 0.588. The van der Waals surface area contributed by atoms with E-state index in [1.54, 1.807) is 11.1 Å².